The number of nitrogens with zero attached hydrogens (tertiary/aromatic N) is 3. The van der Waals surface area contributed by atoms with Gasteiger partial charge in [-0.1, -0.05) is 12.1 Å². The Balaban J connectivity index is 1.49. The first kappa shape index (κ1) is 18.6. The highest BCUT2D eigenvalue weighted by atomic mass is 19.1. The van der Waals surface area contributed by atoms with E-state index in [0.717, 1.165) is 35.0 Å². The van der Waals surface area contributed by atoms with Crippen LogP contribution in [0.2, 0.25) is 0 Å². The second kappa shape index (κ2) is 7.23. The minimum atomic E-state index is -0.423. The Bertz CT molecular complexity index is 1470. The quantitative estimate of drug-likeness (QED) is 0.432. The molecule has 1 amide bonds. The number of halogens is 1. The number of carbonyl (C=O) groups excluding carboxylic acids is 1. The van der Waals surface area contributed by atoms with E-state index in [1.54, 1.807) is 42.9 Å². The molecule has 32 heavy (non-hydrogen) atoms. The molecule has 0 bridgehead atoms. The van der Waals surface area contributed by atoms with Gasteiger partial charge in [0.25, 0.3) is 5.91 Å². The SMILES string of the molecule is O=C(NC1CC1)c1ccc(-c2c(F)cnc3[nH]c4cnc(-c5cccnc5)cc4c23)cc1. The van der Waals surface area contributed by atoms with Crippen molar-refractivity contribution in [3.63, 3.8) is 0 Å². The van der Waals surface area contributed by atoms with E-state index in [0.29, 0.717) is 27.7 Å². The minimum absolute atomic E-state index is 0.0984. The van der Waals surface area contributed by atoms with Gasteiger partial charge in [0.15, 0.2) is 0 Å². The van der Waals surface area contributed by atoms with Crippen LogP contribution in [0, 0.1) is 5.82 Å². The van der Waals surface area contributed by atoms with E-state index >= 15 is 4.39 Å². The number of carbonyl (C=O) groups is 1. The zero-order valence-electron chi connectivity index (χ0n) is 17.0. The van der Waals surface area contributed by atoms with Gasteiger partial charge < -0.3 is 10.3 Å². The molecule has 0 aliphatic heterocycles. The molecule has 0 unspecified atom stereocenters. The van der Waals surface area contributed by atoms with Gasteiger partial charge in [-0.3, -0.25) is 14.8 Å². The number of aromatic nitrogens is 4. The zero-order valence-corrected chi connectivity index (χ0v) is 17.0. The fraction of sp³-hybridized carbons (Fsp3) is 0.120. The molecule has 156 valence electrons. The summed E-state index contributed by atoms with van der Waals surface area (Å²) in [5.74, 6) is -0.521. The van der Waals surface area contributed by atoms with Crippen LogP contribution in [0.5, 0.6) is 0 Å². The molecule has 2 N–H and O–H groups in total. The number of fused-ring (bicyclic) bond motifs is 3. The molecule has 7 heteroatoms. The Morgan fingerprint density at radius 2 is 1.88 bits per heavy atom. The van der Waals surface area contributed by atoms with E-state index in [1.807, 2.05) is 18.2 Å². The number of pyridine rings is 3. The number of H-pyrrole nitrogens is 1. The predicted octanol–water partition coefficient (Wildman–Crippen LogP) is 4.87. The third-order valence-electron chi connectivity index (χ3n) is 5.76. The summed E-state index contributed by atoms with van der Waals surface area (Å²) in [6.07, 6.45) is 8.46. The van der Waals surface area contributed by atoms with Crippen molar-refractivity contribution in [3.8, 4) is 22.4 Å². The van der Waals surface area contributed by atoms with Crippen LogP contribution in [0.1, 0.15) is 23.2 Å². The van der Waals surface area contributed by atoms with Crippen LogP contribution in [0.3, 0.4) is 0 Å². The first-order chi connectivity index (χ1) is 15.7. The van der Waals surface area contributed by atoms with Crippen molar-refractivity contribution in [1.82, 2.24) is 25.3 Å². The van der Waals surface area contributed by atoms with Gasteiger partial charge >= 0.3 is 0 Å². The standard InChI is InChI=1S/C25H18FN5O/c26-19-12-29-24-23(18-10-20(28-13-21(18)31-24)16-2-1-9-27-11-16)22(19)14-3-5-15(6-4-14)25(32)30-17-7-8-17/h1-6,9-13,17H,7-8H2,(H,29,31)(H,30,32). The highest BCUT2D eigenvalue weighted by molar-refractivity contribution is 6.13. The molecule has 0 saturated heterocycles. The molecule has 1 fully saturated rings. The maximum Gasteiger partial charge on any atom is 0.251 e. The Hall–Kier alpha value is -4.13. The van der Waals surface area contributed by atoms with Crippen molar-refractivity contribution in [2.45, 2.75) is 18.9 Å². The Morgan fingerprint density at radius 3 is 2.62 bits per heavy atom. The van der Waals surface area contributed by atoms with Crippen molar-refractivity contribution in [2.24, 2.45) is 0 Å². The van der Waals surface area contributed by atoms with Crippen LogP contribution >= 0.6 is 0 Å². The van der Waals surface area contributed by atoms with Crippen molar-refractivity contribution in [3.05, 3.63) is 78.6 Å². The van der Waals surface area contributed by atoms with Gasteiger partial charge in [-0.2, -0.15) is 0 Å². The Kier molecular flexibility index (Phi) is 4.21. The topological polar surface area (TPSA) is 83.6 Å². The van der Waals surface area contributed by atoms with E-state index in [2.05, 4.69) is 25.3 Å². The molecular weight excluding hydrogens is 405 g/mol. The first-order valence-corrected chi connectivity index (χ1v) is 10.4. The maximum absolute atomic E-state index is 15.1. The summed E-state index contributed by atoms with van der Waals surface area (Å²) >= 11 is 0. The lowest BCUT2D eigenvalue weighted by atomic mass is 9.99. The van der Waals surface area contributed by atoms with E-state index in [1.165, 1.54) is 6.20 Å². The predicted molar refractivity (Wildman–Crippen MR) is 121 cm³/mol. The molecule has 1 aliphatic rings. The van der Waals surface area contributed by atoms with Crippen molar-refractivity contribution in [2.75, 3.05) is 0 Å². The average molecular weight is 423 g/mol. The third-order valence-corrected chi connectivity index (χ3v) is 5.76. The van der Waals surface area contributed by atoms with Gasteiger partial charge in [0.2, 0.25) is 0 Å². The second-order valence-corrected chi connectivity index (χ2v) is 8.01. The van der Waals surface area contributed by atoms with Gasteiger partial charge in [-0.25, -0.2) is 9.37 Å². The molecule has 1 aromatic carbocycles. The van der Waals surface area contributed by atoms with Gasteiger partial charge in [0, 0.05) is 45.9 Å². The van der Waals surface area contributed by atoms with Crippen LogP contribution in [0.15, 0.2) is 67.3 Å². The largest absolute Gasteiger partial charge is 0.349 e. The number of aromatic amines is 1. The van der Waals surface area contributed by atoms with Gasteiger partial charge in [-0.05, 0) is 48.7 Å². The molecule has 1 saturated carbocycles. The summed E-state index contributed by atoms with van der Waals surface area (Å²) in [6, 6.07) is 13.0. The maximum atomic E-state index is 15.1. The normalized spacial score (nSPS) is 13.5. The molecule has 6 nitrogen and oxygen atoms in total. The summed E-state index contributed by atoms with van der Waals surface area (Å²) < 4.78 is 15.1. The summed E-state index contributed by atoms with van der Waals surface area (Å²) in [6.45, 7) is 0. The highest BCUT2D eigenvalue weighted by Gasteiger charge is 2.24. The molecule has 6 rings (SSSR count). The van der Waals surface area contributed by atoms with Gasteiger partial charge in [0.05, 0.1) is 23.6 Å². The van der Waals surface area contributed by atoms with Gasteiger partial charge in [0.1, 0.15) is 11.5 Å². The molecule has 4 aromatic heterocycles. The fourth-order valence-electron chi connectivity index (χ4n) is 3.97. The second-order valence-electron chi connectivity index (χ2n) is 8.01. The van der Waals surface area contributed by atoms with Crippen molar-refractivity contribution in [1.29, 1.82) is 0 Å². The summed E-state index contributed by atoms with van der Waals surface area (Å²) in [4.78, 5) is 28.5. The van der Waals surface area contributed by atoms with Crippen LogP contribution in [-0.2, 0) is 0 Å². The number of benzene rings is 1. The number of amides is 1. The number of hydrogen-bond acceptors (Lipinski definition) is 4. The first-order valence-electron chi connectivity index (χ1n) is 10.4. The molecule has 0 atom stereocenters. The Morgan fingerprint density at radius 1 is 1.03 bits per heavy atom. The number of nitrogens with one attached hydrogen (secondary N) is 2. The molecule has 1 aliphatic carbocycles. The number of hydrogen-bond donors (Lipinski definition) is 2. The smallest absolute Gasteiger partial charge is 0.251 e. The van der Waals surface area contributed by atoms with Crippen LogP contribution < -0.4 is 5.32 Å². The summed E-state index contributed by atoms with van der Waals surface area (Å²) in [7, 11) is 0. The van der Waals surface area contributed by atoms with Crippen molar-refractivity contribution < 1.29 is 9.18 Å². The van der Waals surface area contributed by atoms with Crippen LogP contribution in [-0.4, -0.2) is 31.9 Å². The van der Waals surface area contributed by atoms with E-state index in [-0.39, 0.29) is 11.9 Å². The monoisotopic (exact) mass is 423 g/mol. The lowest BCUT2D eigenvalue weighted by Gasteiger charge is -2.08. The highest BCUT2D eigenvalue weighted by Crippen LogP contribution is 2.36. The summed E-state index contributed by atoms with van der Waals surface area (Å²) in [5.41, 5.74) is 4.66. The molecule has 4 heterocycles. The zero-order chi connectivity index (χ0) is 21.7. The van der Waals surface area contributed by atoms with Gasteiger partial charge in [-0.15, -0.1) is 0 Å². The molecule has 0 spiro atoms. The third kappa shape index (κ3) is 3.19. The van der Waals surface area contributed by atoms with Crippen LogP contribution in [0.25, 0.3) is 44.3 Å². The van der Waals surface area contributed by atoms with Crippen LogP contribution in [0.4, 0.5) is 4.39 Å². The molecule has 0 radical (unpaired) electrons. The van der Waals surface area contributed by atoms with E-state index < -0.39 is 5.82 Å². The van der Waals surface area contributed by atoms with E-state index in [9.17, 15) is 4.79 Å². The van der Waals surface area contributed by atoms with Crippen molar-refractivity contribution >= 4 is 27.8 Å². The lowest BCUT2D eigenvalue weighted by molar-refractivity contribution is 0.0951. The molecule has 5 aromatic rings. The summed E-state index contributed by atoms with van der Waals surface area (Å²) in [5, 5.41) is 4.48. The average Bonchev–Trinajstić information content (AvgIpc) is 3.57. The molecular formula is C25H18FN5O. The fourth-order valence-corrected chi connectivity index (χ4v) is 3.97. The van der Waals surface area contributed by atoms with E-state index in [4.69, 9.17) is 0 Å². The number of rotatable bonds is 4. The lowest BCUT2D eigenvalue weighted by Crippen LogP contribution is -2.25. The Labute approximate surface area is 182 Å². The minimum Gasteiger partial charge on any atom is -0.349 e.